The van der Waals surface area contributed by atoms with E-state index in [0.717, 1.165) is 24.1 Å². The standard InChI is InChI=1S/C10H13ClN4/c1-2-8(12)5-15-6-14-9-3-7(11)4-13-10(9)15/h3-4,6,8H,2,5,12H2,1H3. The first-order valence-corrected chi connectivity index (χ1v) is 5.30. The van der Waals surface area contributed by atoms with E-state index in [9.17, 15) is 0 Å². The number of fused-ring (bicyclic) bond motifs is 1. The lowest BCUT2D eigenvalue weighted by molar-refractivity contribution is 0.546. The number of halogens is 1. The van der Waals surface area contributed by atoms with Crippen molar-refractivity contribution >= 4 is 22.8 Å². The van der Waals surface area contributed by atoms with E-state index < -0.39 is 0 Å². The molecule has 0 saturated carbocycles. The molecule has 1 unspecified atom stereocenters. The molecule has 2 N–H and O–H groups in total. The molecule has 0 aliphatic carbocycles. The Morgan fingerprint density at radius 2 is 2.33 bits per heavy atom. The van der Waals surface area contributed by atoms with Gasteiger partial charge in [0.15, 0.2) is 5.65 Å². The summed E-state index contributed by atoms with van der Waals surface area (Å²) in [6.07, 6.45) is 4.32. The summed E-state index contributed by atoms with van der Waals surface area (Å²) in [7, 11) is 0. The molecule has 0 aromatic carbocycles. The van der Waals surface area contributed by atoms with E-state index in [-0.39, 0.29) is 6.04 Å². The van der Waals surface area contributed by atoms with Gasteiger partial charge in [0.25, 0.3) is 0 Å². The van der Waals surface area contributed by atoms with Crippen molar-refractivity contribution in [2.24, 2.45) is 5.73 Å². The number of rotatable bonds is 3. The maximum atomic E-state index is 5.88. The topological polar surface area (TPSA) is 56.7 Å². The number of hydrogen-bond acceptors (Lipinski definition) is 3. The fourth-order valence-corrected chi connectivity index (χ4v) is 1.59. The van der Waals surface area contributed by atoms with Crippen LogP contribution in [0.4, 0.5) is 0 Å². The molecule has 4 nitrogen and oxygen atoms in total. The third kappa shape index (κ3) is 2.11. The molecule has 15 heavy (non-hydrogen) atoms. The highest BCUT2D eigenvalue weighted by Gasteiger charge is 2.07. The molecule has 0 saturated heterocycles. The summed E-state index contributed by atoms with van der Waals surface area (Å²) in [4.78, 5) is 8.47. The van der Waals surface area contributed by atoms with E-state index in [4.69, 9.17) is 17.3 Å². The molecule has 0 spiro atoms. The number of nitrogens with two attached hydrogens (primary N) is 1. The average Bonchev–Trinajstić information content (AvgIpc) is 2.60. The lowest BCUT2D eigenvalue weighted by Gasteiger charge is -2.09. The first kappa shape index (κ1) is 10.4. The molecule has 2 aromatic rings. The fraction of sp³-hybridized carbons (Fsp3) is 0.400. The fourth-order valence-electron chi connectivity index (χ4n) is 1.44. The van der Waals surface area contributed by atoms with Crippen LogP contribution in [0, 0.1) is 0 Å². The van der Waals surface area contributed by atoms with Crippen molar-refractivity contribution in [3.8, 4) is 0 Å². The lowest BCUT2D eigenvalue weighted by atomic mass is 10.2. The van der Waals surface area contributed by atoms with Crippen molar-refractivity contribution in [3.05, 3.63) is 23.6 Å². The summed E-state index contributed by atoms with van der Waals surface area (Å²) in [5.41, 5.74) is 7.53. The Labute approximate surface area is 93.1 Å². The zero-order chi connectivity index (χ0) is 10.8. The van der Waals surface area contributed by atoms with Crippen LogP contribution in [0.1, 0.15) is 13.3 Å². The molecular weight excluding hydrogens is 212 g/mol. The molecule has 2 aromatic heterocycles. The summed E-state index contributed by atoms with van der Waals surface area (Å²) in [6.45, 7) is 2.80. The van der Waals surface area contributed by atoms with E-state index in [0.29, 0.717) is 5.02 Å². The molecule has 1 atom stereocenters. The maximum Gasteiger partial charge on any atom is 0.159 e. The van der Waals surface area contributed by atoms with Crippen LogP contribution in [0.25, 0.3) is 11.2 Å². The zero-order valence-corrected chi connectivity index (χ0v) is 9.28. The van der Waals surface area contributed by atoms with Crippen molar-refractivity contribution in [2.75, 3.05) is 0 Å². The summed E-state index contributed by atoms with van der Waals surface area (Å²) in [5, 5.41) is 0.604. The van der Waals surface area contributed by atoms with Gasteiger partial charge in [0.1, 0.15) is 5.52 Å². The van der Waals surface area contributed by atoms with Crippen LogP contribution < -0.4 is 5.73 Å². The Balaban J connectivity index is 2.36. The number of imidazole rings is 1. The SMILES string of the molecule is CCC(N)Cn1cnc2cc(Cl)cnc21. The van der Waals surface area contributed by atoms with Crippen LogP contribution in [-0.4, -0.2) is 20.6 Å². The third-order valence-corrected chi connectivity index (χ3v) is 2.58. The van der Waals surface area contributed by atoms with Crippen molar-refractivity contribution in [1.29, 1.82) is 0 Å². The minimum atomic E-state index is 0.139. The molecule has 0 fully saturated rings. The van der Waals surface area contributed by atoms with Gasteiger partial charge in [0.2, 0.25) is 0 Å². The van der Waals surface area contributed by atoms with E-state index >= 15 is 0 Å². The van der Waals surface area contributed by atoms with Crippen molar-refractivity contribution in [3.63, 3.8) is 0 Å². The number of aromatic nitrogens is 3. The Bertz CT molecular complexity index is 465. The van der Waals surface area contributed by atoms with Crippen LogP contribution in [0.5, 0.6) is 0 Å². The number of nitrogens with zero attached hydrogens (tertiary/aromatic N) is 3. The summed E-state index contributed by atoms with van der Waals surface area (Å²) < 4.78 is 1.96. The second-order valence-electron chi connectivity index (χ2n) is 3.56. The summed E-state index contributed by atoms with van der Waals surface area (Å²) in [6, 6.07) is 1.94. The zero-order valence-electron chi connectivity index (χ0n) is 8.52. The van der Waals surface area contributed by atoms with Crippen molar-refractivity contribution in [2.45, 2.75) is 25.9 Å². The van der Waals surface area contributed by atoms with Crippen molar-refractivity contribution in [1.82, 2.24) is 14.5 Å². The van der Waals surface area contributed by atoms with Gasteiger partial charge in [-0.15, -0.1) is 0 Å². The molecule has 80 valence electrons. The van der Waals surface area contributed by atoms with Gasteiger partial charge in [-0.05, 0) is 12.5 Å². The van der Waals surface area contributed by atoms with E-state index in [2.05, 4.69) is 16.9 Å². The smallest absolute Gasteiger partial charge is 0.159 e. The molecule has 0 aliphatic rings. The van der Waals surface area contributed by atoms with Gasteiger partial charge in [-0.1, -0.05) is 18.5 Å². The highest BCUT2D eigenvalue weighted by atomic mass is 35.5. The second kappa shape index (κ2) is 4.16. The average molecular weight is 225 g/mol. The Hall–Kier alpha value is -1.13. The van der Waals surface area contributed by atoms with Gasteiger partial charge in [0.05, 0.1) is 11.3 Å². The van der Waals surface area contributed by atoms with Gasteiger partial charge in [-0.2, -0.15) is 0 Å². The Morgan fingerprint density at radius 1 is 1.53 bits per heavy atom. The molecule has 0 bridgehead atoms. The van der Waals surface area contributed by atoms with Crippen LogP contribution in [0.3, 0.4) is 0 Å². The minimum absolute atomic E-state index is 0.139. The van der Waals surface area contributed by atoms with Crippen LogP contribution in [-0.2, 0) is 6.54 Å². The predicted molar refractivity (Wildman–Crippen MR) is 60.8 cm³/mol. The minimum Gasteiger partial charge on any atom is -0.326 e. The van der Waals surface area contributed by atoms with E-state index in [1.54, 1.807) is 18.6 Å². The van der Waals surface area contributed by atoms with Gasteiger partial charge in [-0.25, -0.2) is 9.97 Å². The normalized spacial score (nSPS) is 13.3. The van der Waals surface area contributed by atoms with Gasteiger partial charge in [0, 0.05) is 18.8 Å². The summed E-state index contributed by atoms with van der Waals surface area (Å²) >= 11 is 5.82. The third-order valence-electron chi connectivity index (χ3n) is 2.38. The van der Waals surface area contributed by atoms with Crippen LogP contribution >= 0.6 is 11.6 Å². The highest BCUT2D eigenvalue weighted by molar-refractivity contribution is 6.30. The van der Waals surface area contributed by atoms with Crippen molar-refractivity contribution < 1.29 is 0 Å². The molecular formula is C10H13ClN4. The quantitative estimate of drug-likeness (QED) is 0.865. The lowest BCUT2D eigenvalue weighted by Crippen LogP contribution is -2.24. The van der Waals surface area contributed by atoms with Gasteiger partial charge < -0.3 is 10.3 Å². The van der Waals surface area contributed by atoms with Gasteiger partial charge >= 0.3 is 0 Å². The molecule has 0 aliphatic heterocycles. The monoisotopic (exact) mass is 224 g/mol. The first-order chi connectivity index (χ1) is 7.20. The number of hydrogen-bond donors (Lipinski definition) is 1. The first-order valence-electron chi connectivity index (χ1n) is 4.92. The van der Waals surface area contributed by atoms with Gasteiger partial charge in [-0.3, -0.25) is 0 Å². The molecule has 2 heterocycles. The van der Waals surface area contributed by atoms with Crippen LogP contribution in [0.15, 0.2) is 18.6 Å². The second-order valence-corrected chi connectivity index (χ2v) is 4.00. The Kier molecular flexibility index (Phi) is 2.88. The number of pyridine rings is 1. The molecule has 0 amide bonds. The summed E-state index contributed by atoms with van der Waals surface area (Å²) in [5.74, 6) is 0. The predicted octanol–water partition coefficient (Wildman–Crippen LogP) is 1.82. The molecule has 2 rings (SSSR count). The maximum absolute atomic E-state index is 5.88. The highest BCUT2D eigenvalue weighted by Crippen LogP contribution is 2.15. The van der Waals surface area contributed by atoms with E-state index in [1.807, 2.05) is 4.57 Å². The van der Waals surface area contributed by atoms with Crippen LogP contribution in [0.2, 0.25) is 5.02 Å². The molecule has 5 heteroatoms. The molecule has 0 radical (unpaired) electrons. The largest absolute Gasteiger partial charge is 0.326 e. The Morgan fingerprint density at radius 3 is 3.07 bits per heavy atom. The van der Waals surface area contributed by atoms with E-state index in [1.165, 1.54) is 0 Å².